The number of hydrogen-bond acceptors (Lipinski definition) is 6. The van der Waals surface area contributed by atoms with Crippen LogP contribution in [0.2, 0.25) is 0 Å². The van der Waals surface area contributed by atoms with Crippen LogP contribution in [0.3, 0.4) is 0 Å². The molecule has 1 aliphatic heterocycles. The lowest BCUT2D eigenvalue weighted by molar-refractivity contribution is -0.134. The number of aryl methyl sites for hydroxylation is 1. The number of oxime groups is 1. The van der Waals surface area contributed by atoms with Gasteiger partial charge < -0.3 is 23.8 Å². The molecule has 1 atom stereocenters. The van der Waals surface area contributed by atoms with Crippen molar-refractivity contribution in [3.8, 4) is 11.4 Å². The third-order valence-corrected chi connectivity index (χ3v) is 6.85. The van der Waals surface area contributed by atoms with Crippen LogP contribution in [0.25, 0.3) is 11.8 Å². The summed E-state index contributed by atoms with van der Waals surface area (Å²) in [5, 5.41) is 4.52. The summed E-state index contributed by atoms with van der Waals surface area (Å²) in [5.74, 6) is 2.15. The van der Waals surface area contributed by atoms with E-state index in [4.69, 9.17) is 14.3 Å². The highest BCUT2D eigenvalue weighted by Gasteiger charge is 2.47. The number of hydrogen-bond donors (Lipinski definition) is 0. The molecule has 33 heavy (non-hydrogen) atoms. The molecule has 0 amide bonds. The van der Waals surface area contributed by atoms with Gasteiger partial charge in [-0.1, -0.05) is 36.6 Å². The van der Waals surface area contributed by atoms with Crippen molar-refractivity contribution >= 4 is 11.9 Å². The van der Waals surface area contributed by atoms with E-state index in [0.29, 0.717) is 5.92 Å². The van der Waals surface area contributed by atoms with Crippen LogP contribution in [0, 0.1) is 12.8 Å². The fourth-order valence-electron chi connectivity index (χ4n) is 4.96. The summed E-state index contributed by atoms with van der Waals surface area (Å²) < 4.78 is 12.9. The number of rotatable bonds is 9. The molecule has 7 nitrogen and oxygen atoms in total. The van der Waals surface area contributed by atoms with Crippen LogP contribution in [-0.2, 0) is 9.57 Å². The molecule has 0 spiro atoms. The minimum absolute atomic E-state index is 0.394. The lowest BCUT2D eigenvalue weighted by Crippen LogP contribution is -2.52. The lowest BCUT2D eigenvalue weighted by atomic mass is 9.81. The SMILES string of the molecule is COCCCN1C(C=Cc2ccc(-n3cnc(C)c3)c(OC)c2)=NOC1(C)C1CCCCC1. The molecule has 2 aromatic rings. The Bertz CT molecular complexity index is 993. The molecule has 0 N–H and O–H groups in total. The standard InChI is InChI=1S/C26H36N4O3/c1-20-18-29(19-27-20)23-13-11-21(17-24(23)32-4)12-14-25-28-33-26(2,22-9-6-5-7-10-22)30(25)15-8-16-31-3/h11-14,17-19,22H,5-10,15-16H2,1-4H3. The monoisotopic (exact) mass is 452 g/mol. The van der Waals surface area contributed by atoms with Crippen molar-refractivity contribution in [1.82, 2.24) is 14.5 Å². The molecule has 0 bridgehead atoms. The maximum absolute atomic E-state index is 6.14. The van der Waals surface area contributed by atoms with Crippen molar-refractivity contribution in [2.45, 2.75) is 58.1 Å². The molecule has 1 fully saturated rings. The average molecular weight is 453 g/mol. The largest absolute Gasteiger partial charge is 0.495 e. The third-order valence-electron chi connectivity index (χ3n) is 6.85. The van der Waals surface area contributed by atoms with Crippen molar-refractivity contribution in [3.05, 3.63) is 48.1 Å². The van der Waals surface area contributed by atoms with Crippen molar-refractivity contribution in [2.24, 2.45) is 11.1 Å². The summed E-state index contributed by atoms with van der Waals surface area (Å²) in [6.07, 6.45) is 15.1. The second kappa shape index (κ2) is 10.4. The molecule has 178 valence electrons. The number of amidine groups is 1. The molecule has 0 radical (unpaired) electrons. The summed E-state index contributed by atoms with van der Waals surface area (Å²) in [4.78, 5) is 12.8. The quantitative estimate of drug-likeness (QED) is 0.491. The Morgan fingerprint density at radius 2 is 2.00 bits per heavy atom. The zero-order valence-corrected chi connectivity index (χ0v) is 20.3. The van der Waals surface area contributed by atoms with Gasteiger partial charge >= 0.3 is 0 Å². The summed E-state index contributed by atoms with van der Waals surface area (Å²) >= 11 is 0. The first-order valence-corrected chi connectivity index (χ1v) is 11.9. The normalized spacial score (nSPS) is 21.5. The van der Waals surface area contributed by atoms with Gasteiger partial charge in [-0.15, -0.1) is 0 Å². The summed E-state index contributed by atoms with van der Waals surface area (Å²) in [6, 6.07) is 6.16. The van der Waals surface area contributed by atoms with Gasteiger partial charge in [-0.05, 0) is 56.9 Å². The van der Waals surface area contributed by atoms with Crippen LogP contribution >= 0.6 is 0 Å². The molecule has 1 aliphatic carbocycles. The van der Waals surface area contributed by atoms with Crippen LogP contribution < -0.4 is 4.74 Å². The first-order chi connectivity index (χ1) is 16.0. The van der Waals surface area contributed by atoms with Gasteiger partial charge in [0.15, 0.2) is 5.84 Å². The van der Waals surface area contributed by atoms with Crippen LogP contribution in [0.4, 0.5) is 0 Å². The van der Waals surface area contributed by atoms with Gasteiger partial charge in [0.2, 0.25) is 5.72 Å². The van der Waals surface area contributed by atoms with Crippen molar-refractivity contribution in [3.63, 3.8) is 0 Å². The summed E-state index contributed by atoms with van der Waals surface area (Å²) in [6.45, 7) is 5.75. The molecule has 0 saturated heterocycles. The second-order valence-electron chi connectivity index (χ2n) is 9.12. The molecule has 4 rings (SSSR count). The summed E-state index contributed by atoms with van der Waals surface area (Å²) in [5.41, 5.74) is 2.57. The fourth-order valence-corrected chi connectivity index (χ4v) is 4.96. The van der Waals surface area contributed by atoms with Crippen LogP contribution in [0.1, 0.15) is 56.7 Å². The van der Waals surface area contributed by atoms with Gasteiger partial charge in [-0.3, -0.25) is 0 Å². The van der Waals surface area contributed by atoms with E-state index in [9.17, 15) is 0 Å². The van der Waals surface area contributed by atoms with Crippen molar-refractivity contribution in [2.75, 3.05) is 27.4 Å². The molecule has 1 saturated carbocycles. The highest BCUT2D eigenvalue weighted by molar-refractivity contribution is 5.97. The smallest absolute Gasteiger partial charge is 0.211 e. The molecule has 2 heterocycles. The Labute approximate surface area is 197 Å². The lowest BCUT2D eigenvalue weighted by Gasteiger charge is -2.41. The van der Waals surface area contributed by atoms with Crippen LogP contribution in [0.5, 0.6) is 5.75 Å². The number of ether oxygens (including phenoxy) is 2. The van der Waals surface area contributed by atoms with E-state index in [1.165, 1.54) is 32.1 Å². The van der Waals surface area contributed by atoms with E-state index >= 15 is 0 Å². The molecule has 1 unspecified atom stereocenters. The average Bonchev–Trinajstić information content (AvgIpc) is 3.42. The maximum Gasteiger partial charge on any atom is 0.211 e. The Hall–Kier alpha value is -2.80. The van der Waals surface area contributed by atoms with E-state index in [2.05, 4.69) is 46.2 Å². The molecule has 2 aliphatic rings. The van der Waals surface area contributed by atoms with Gasteiger partial charge in [0.1, 0.15) is 5.75 Å². The zero-order chi connectivity index (χ0) is 23.3. The Morgan fingerprint density at radius 3 is 2.70 bits per heavy atom. The molecule has 1 aromatic heterocycles. The van der Waals surface area contributed by atoms with Gasteiger partial charge in [0.25, 0.3) is 0 Å². The first-order valence-electron chi connectivity index (χ1n) is 11.9. The number of aromatic nitrogens is 2. The number of nitrogens with zero attached hydrogens (tertiary/aromatic N) is 4. The van der Waals surface area contributed by atoms with Crippen LogP contribution in [-0.4, -0.2) is 53.4 Å². The zero-order valence-electron chi connectivity index (χ0n) is 20.3. The van der Waals surface area contributed by atoms with Crippen molar-refractivity contribution < 1.29 is 14.3 Å². The van der Waals surface area contributed by atoms with Gasteiger partial charge in [0, 0.05) is 32.4 Å². The fraction of sp³-hybridized carbons (Fsp3) is 0.538. The minimum atomic E-state index is -0.394. The van der Waals surface area contributed by atoms with E-state index in [1.54, 1.807) is 20.5 Å². The highest BCUT2D eigenvalue weighted by Crippen LogP contribution is 2.40. The maximum atomic E-state index is 6.14. The molecule has 7 heteroatoms. The van der Waals surface area contributed by atoms with Gasteiger partial charge in [0.05, 0.1) is 24.8 Å². The molecule has 1 aromatic carbocycles. The van der Waals surface area contributed by atoms with E-state index in [1.807, 2.05) is 23.8 Å². The van der Waals surface area contributed by atoms with Gasteiger partial charge in [-0.2, -0.15) is 0 Å². The predicted octanol–water partition coefficient (Wildman–Crippen LogP) is 5.18. The second-order valence-corrected chi connectivity index (χ2v) is 9.12. The Kier molecular flexibility index (Phi) is 7.38. The van der Waals surface area contributed by atoms with Gasteiger partial charge in [-0.25, -0.2) is 4.98 Å². The summed E-state index contributed by atoms with van der Waals surface area (Å²) in [7, 11) is 3.44. The van der Waals surface area contributed by atoms with Crippen LogP contribution in [0.15, 0.2) is 42.0 Å². The first kappa shape index (κ1) is 23.4. The Morgan fingerprint density at radius 1 is 1.18 bits per heavy atom. The van der Waals surface area contributed by atoms with E-state index < -0.39 is 5.72 Å². The molecular formula is C26H36N4O3. The van der Waals surface area contributed by atoms with E-state index in [-0.39, 0.29) is 0 Å². The third kappa shape index (κ3) is 5.08. The predicted molar refractivity (Wildman–Crippen MR) is 131 cm³/mol. The number of benzene rings is 1. The topological polar surface area (TPSA) is 61.1 Å². The number of methoxy groups -OCH3 is 2. The number of imidazole rings is 1. The van der Waals surface area contributed by atoms with E-state index in [0.717, 1.165) is 48.1 Å². The highest BCUT2D eigenvalue weighted by atomic mass is 16.7. The minimum Gasteiger partial charge on any atom is -0.495 e. The Balaban J connectivity index is 1.54. The van der Waals surface area contributed by atoms with Crippen molar-refractivity contribution in [1.29, 1.82) is 0 Å². The molecular weight excluding hydrogens is 416 g/mol.